The first-order valence-corrected chi connectivity index (χ1v) is 10.1. The topological polar surface area (TPSA) is 71.1 Å². The van der Waals surface area contributed by atoms with E-state index in [0.717, 1.165) is 27.6 Å². The molecule has 1 aromatic heterocycles. The van der Waals surface area contributed by atoms with Crippen LogP contribution in [0.25, 0.3) is 6.08 Å². The molecule has 0 atom stereocenters. The lowest BCUT2D eigenvalue weighted by atomic mass is 10.2. The van der Waals surface area contributed by atoms with Crippen molar-refractivity contribution < 1.29 is 9.59 Å². The van der Waals surface area contributed by atoms with Gasteiger partial charge in [0, 0.05) is 47.4 Å². The predicted molar refractivity (Wildman–Crippen MR) is 119 cm³/mol. The third-order valence-electron chi connectivity index (χ3n) is 3.91. The van der Waals surface area contributed by atoms with E-state index >= 15 is 0 Å². The van der Waals surface area contributed by atoms with Crippen molar-refractivity contribution in [3.8, 4) is 0 Å². The number of amides is 2. The number of carbonyl (C=O) groups is 2. The average Bonchev–Trinajstić information content (AvgIpc) is 2.73. The molecular formula is C23H21N3O2S. The summed E-state index contributed by atoms with van der Waals surface area (Å²) >= 11 is 1.72. The molecule has 5 nitrogen and oxygen atoms in total. The Labute approximate surface area is 174 Å². The van der Waals surface area contributed by atoms with Crippen molar-refractivity contribution in [3.63, 3.8) is 0 Å². The number of thioether (sulfide) groups is 1. The van der Waals surface area contributed by atoms with Crippen LogP contribution in [0.1, 0.15) is 18.1 Å². The molecule has 0 aliphatic heterocycles. The molecule has 3 aromatic rings. The Morgan fingerprint density at radius 2 is 1.66 bits per heavy atom. The van der Waals surface area contributed by atoms with E-state index in [2.05, 4.69) is 15.6 Å². The van der Waals surface area contributed by atoms with E-state index in [1.165, 1.54) is 18.6 Å². The van der Waals surface area contributed by atoms with Crippen LogP contribution in [0, 0.1) is 0 Å². The first-order chi connectivity index (χ1) is 14.1. The molecule has 146 valence electrons. The molecule has 2 aromatic carbocycles. The van der Waals surface area contributed by atoms with Gasteiger partial charge in [0.2, 0.25) is 11.8 Å². The van der Waals surface area contributed by atoms with Gasteiger partial charge < -0.3 is 10.6 Å². The van der Waals surface area contributed by atoms with E-state index in [1.807, 2.05) is 54.7 Å². The van der Waals surface area contributed by atoms with Crippen LogP contribution >= 0.6 is 11.8 Å². The summed E-state index contributed by atoms with van der Waals surface area (Å²) in [7, 11) is 0. The summed E-state index contributed by atoms with van der Waals surface area (Å²) in [5, 5.41) is 5.55. The van der Waals surface area contributed by atoms with E-state index < -0.39 is 0 Å². The molecule has 0 aliphatic rings. The second-order valence-electron chi connectivity index (χ2n) is 6.30. The first-order valence-electron chi connectivity index (χ1n) is 9.07. The predicted octanol–water partition coefficient (Wildman–Crippen LogP) is 4.98. The molecule has 0 spiro atoms. The second-order valence-corrected chi connectivity index (χ2v) is 7.35. The Bertz CT molecular complexity index is 985. The van der Waals surface area contributed by atoms with Gasteiger partial charge in [0.1, 0.15) is 0 Å². The smallest absolute Gasteiger partial charge is 0.248 e. The SMILES string of the molecule is CC(=O)Nc1ccc(C=CC(=O)Nc2ccc(SCc3cccnc3)cc2)cc1. The molecule has 0 aliphatic carbocycles. The van der Waals surface area contributed by atoms with Gasteiger partial charge in [0.15, 0.2) is 0 Å². The molecule has 6 heteroatoms. The fourth-order valence-corrected chi connectivity index (χ4v) is 3.35. The Kier molecular flexibility index (Phi) is 7.19. The van der Waals surface area contributed by atoms with Crippen molar-refractivity contribution in [3.05, 3.63) is 90.3 Å². The lowest BCUT2D eigenvalue weighted by Crippen LogP contribution is -2.07. The fraction of sp³-hybridized carbons (Fsp3) is 0.0870. The molecule has 0 saturated carbocycles. The third-order valence-corrected chi connectivity index (χ3v) is 4.99. The lowest BCUT2D eigenvalue weighted by molar-refractivity contribution is -0.114. The largest absolute Gasteiger partial charge is 0.326 e. The van der Waals surface area contributed by atoms with Crippen molar-refractivity contribution >= 4 is 41.0 Å². The van der Waals surface area contributed by atoms with Gasteiger partial charge in [0.05, 0.1) is 0 Å². The number of aromatic nitrogens is 1. The van der Waals surface area contributed by atoms with E-state index in [-0.39, 0.29) is 11.8 Å². The molecule has 0 bridgehead atoms. The highest BCUT2D eigenvalue weighted by atomic mass is 32.2. The highest BCUT2D eigenvalue weighted by Gasteiger charge is 2.01. The van der Waals surface area contributed by atoms with Crippen LogP contribution in [0.3, 0.4) is 0 Å². The monoisotopic (exact) mass is 403 g/mol. The van der Waals surface area contributed by atoms with Crippen LogP contribution in [0.5, 0.6) is 0 Å². The number of pyridine rings is 1. The number of nitrogens with zero attached hydrogens (tertiary/aromatic N) is 1. The van der Waals surface area contributed by atoms with Gasteiger partial charge in [-0.3, -0.25) is 14.6 Å². The standard InChI is InChI=1S/C23H21N3O2S/c1-17(27)25-20-7-4-18(5-8-20)6-13-23(28)26-21-9-11-22(12-10-21)29-16-19-3-2-14-24-15-19/h2-15H,16H2,1H3,(H,25,27)(H,26,28). The average molecular weight is 404 g/mol. The van der Waals surface area contributed by atoms with Crippen molar-refractivity contribution in [2.24, 2.45) is 0 Å². The number of nitrogens with one attached hydrogen (secondary N) is 2. The van der Waals surface area contributed by atoms with Gasteiger partial charge in [-0.1, -0.05) is 18.2 Å². The van der Waals surface area contributed by atoms with E-state index in [4.69, 9.17) is 0 Å². The quantitative estimate of drug-likeness (QED) is 0.431. The number of hydrogen-bond donors (Lipinski definition) is 2. The van der Waals surface area contributed by atoms with Crippen molar-refractivity contribution in [1.82, 2.24) is 4.98 Å². The molecule has 0 fully saturated rings. The molecule has 29 heavy (non-hydrogen) atoms. The van der Waals surface area contributed by atoms with Gasteiger partial charge in [-0.2, -0.15) is 0 Å². The van der Waals surface area contributed by atoms with Crippen molar-refractivity contribution in [2.75, 3.05) is 10.6 Å². The van der Waals surface area contributed by atoms with Gasteiger partial charge in [-0.15, -0.1) is 11.8 Å². The minimum absolute atomic E-state index is 0.117. The zero-order chi connectivity index (χ0) is 20.5. The van der Waals surface area contributed by atoms with Crippen LogP contribution in [0.15, 0.2) is 84.0 Å². The van der Waals surface area contributed by atoms with E-state index in [1.54, 1.807) is 36.2 Å². The number of rotatable bonds is 7. The fourth-order valence-electron chi connectivity index (χ4n) is 2.52. The van der Waals surface area contributed by atoms with Crippen LogP contribution in [-0.2, 0) is 15.3 Å². The Morgan fingerprint density at radius 3 is 2.31 bits per heavy atom. The molecule has 3 rings (SSSR count). The van der Waals surface area contributed by atoms with Crippen LogP contribution in [0.4, 0.5) is 11.4 Å². The summed E-state index contributed by atoms with van der Waals surface area (Å²) in [5.74, 6) is 0.532. The maximum absolute atomic E-state index is 12.1. The lowest BCUT2D eigenvalue weighted by Gasteiger charge is -2.05. The molecular weight excluding hydrogens is 382 g/mol. The van der Waals surface area contributed by atoms with Crippen molar-refractivity contribution in [1.29, 1.82) is 0 Å². The van der Waals surface area contributed by atoms with Gasteiger partial charge in [-0.25, -0.2) is 0 Å². The molecule has 0 radical (unpaired) electrons. The Hall–Kier alpha value is -3.38. The van der Waals surface area contributed by atoms with Gasteiger partial charge >= 0.3 is 0 Å². The van der Waals surface area contributed by atoms with E-state index in [0.29, 0.717) is 0 Å². The number of hydrogen-bond acceptors (Lipinski definition) is 4. The number of anilines is 2. The minimum atomic E-state index is -0.202. The summed E-state index contributed by atoms with van der Waals surface area (Å²) in [5.41, 5.74) is 3.51. The molecule has 1 heterocycles. The molecule has 0 unspecified atom stereocenters. The molecule has 2 amide bonds. The van der Waals surface area contributed by atoms with Gasteiger partial charge in [-0.05, 0) is 59.7 Å². The highest BCUT2D eigenvalue weighted by Crippen LogP contribution is 2.24. The van der Waals surface area contributed by atoms with E-state index in [9.17, 15) is 9.59 Å². The zero-order valence-electron chi connectivity index (χ0n) is 16.0. The normalized spacial score (nSPS) is 10.7. The van der Waals surface area contributed by atoms with Crippen LogP contribution < -0.4 is 10.6 Å². The Balaban J connectivity index is 1.49. The number of benzene rings is 2. The first kappa shape index (κ1) is 20.4. The zero-order valence-corrected chi connectivity index (χ0v) is 16.8. The van der Waals surface area contributed by atoms with Gasteiger partial charge in [0.25, 0.3) is 0 Å². The molecule has 0 saturated heterocycles. The molecule has 2 N–H and O–H groups in total. The summed E-state index contributed by atoms with van der Waals surface area (Å²) in [6, 6.07) is 19.0. The Morgan fingerprint density at radius 1 is 0.966 bits per heavy atom. The summed E-state index contributed by atoms with van der Waals surface area (Å²) < 4.78 is 0. The van der Waals surface area contributed by atoms with Crippen LogP contribution in [0.2, 0.25) is 0 Å². The third kappa shape index (κ3) is 6.93. The maximum Gasteiger partial charge on any atom is 0.248 e. The summed E-state index contributed by atoms with van der Waals surface area (Å²) in [6.07, 6.45) is 6.84. The summed E-state index contributed by atoms with van der Waals surface area (Å²) in [4.78, 5) is 28.4. The highest BCUT2D eigenvalue weighted by molar-refractivity contribution is 7.98. The number of carbonyl (C=O) groups excluding carboxylic acids is 2. The maximum atomic E-state index is 12.1. The van der Waals surface area contributed by atoms with Crippen molar-refractivity contribution in [2.45, 2.75) is 17.6 Å². The minimum Gasteiger partial charge on any atom is -0.326 e. The second kappa shape index (κ2) is 10.2. The van der Waals surface area contributed by atoms with Crippen LogP contribution in [-0.4, -0.2) is 16.8 Å². The summed E-state index contributed by atoms with van der Waals surface area (Å²) in [6.45, 7) is 1.46.